The fraction of sp³-hybridized carbons (Fsp3) is 0.174. The van der Waals surface area contributed by atoms with Gasteiger partial charge >= 0.3 is 0 Å². The van der Waals surface area contributed by atoms with Crippen molar-refractivity contribution < 1.29 is 4.79 Å². The second kappa shape index (κ2) is 9.78. The second-order valence-corrected chi connectivity index (χ2v) is 8.03. The number of aromatic nitrogens is 2. The van der Waals surface area contributed by atoms with Crippen LogP contribution in [0.25, 0.3) is 16.6 Å². The average molecular weight is 440 g/mol. The summed E-state index contributed by atoms with van der Waals surface area (Å²) in [7, 11) is 0. The lowest BCUT2D eigenvalue weighted by Gasteiger charge is -2.20. The first-order valence-electron chi connectivity index (χ1n) is 9.37. The van der Waals surface area contributed by atoms with Gasteiger partial charge in [0.1, 0.15) is 0 Å². The molecular formula is C23H22ClN3O2S. The molecule has 0 fully saturated rings. The summed E-state index contributed by atoms with van der Waals surface area (Å²) in [6, 6.07) is 12.6. The third-order valence-electron chi connectivity index (χ3n) is 4.53. The minimum atomic E-state index is -0.199. The molecule has 5 nitrogen and oxygen atoms in total. The van der Waals surface area contributed by atoms with Gasteiger partial charge in [-0.05, 0) is 36.8 Å². The maximum Gasteiger partial charge on any atom is 0.266 e. The summed E-state index contributed by atoms with van der Waals surface area (Å²) in [4.78, 5) is 32.3. The molecule has 154 valence electrons. The highest BCUT2D eigenvalue weighted by Gasteiger charge is 2.18. The molecule has 0 saturated carbocycles. The van der Waals surface area contributed by atoms with Gasteiger partial charge in [-0.25, -0.2) is 4.98 Å². The van der Waals surface area contributed by atoms with Crippen LogP contribution >= 0.6 is 23.4 Å². The molecule has 3 aromatic rings. The Balaban J connectivity index is 2.08. The van der Waals surface area contributed by atoms with Crippen molar-refractivity contribution in [3.63, 3.8) is 0 Å². The summed E-state index contributed by atoms with van der Waals surface area (Å²) >= 11 is 7.33. The van der Waals surface area contributed by atoms with Gasteiger partial charge in [0.15, 0.2) is 5.16 Å². The number of para-hydroxylation sites is 1. The summed E-state index contributed by atoms with van der Waals surface area (Å²) < 4.78 is 1.56. The van der Waals surface area contributed by atoms with Gasteiger partial charge < -0.3 is 4.90 Å². The normalized spacial score (nSPS) is 10.7. The lowest BCUT2D eigenvalue weighted by molar-refractivity contribution is -0.127. The quantitative estimate of drug-likeness (QED) is 0.291. The minimum absolute atomic E-state index is 0.0865. The van der Waals surface area contributed by atoms with E-state index in [0.717, 1.165) is 11.3 Å². The molecule has 1 heterocycles. The molecule has 0 aliphatic heterocycles. The Morgan fingerprint density at radius 1 is 1.20 bits per heavy atom. The van der Waals surface area contributed by atoms with Crippen molar-refractivity contribution in [2.45, 2.75) is 12.1 Å². The van der Waals surface area contributed by atoms with Crippen LogP contribution in [0.1, 0.15) is 5.56 Å². The molecule has 1 aromatic heterocycles. The van der Waals surface area contributed by atoms with Crippen LogP contribution in [0.2, 0.25) is 5.02 Å². The van der Waals surface area contributed by atoms with Crippen LogP contribution in [0.3, 0.4) is 0 Å². The molecule has 0 atom stereocenters. The Morgan fingerprint density at radius 2 is 1.90 bits per heavy atom. The molecule has 0 aliphatic rings. The summed E-state index contributed by atoms with van der Waals surface area (Å²) in [5.41, 5.74) is 1.97. The Bertz CT molecular complexity index is 1160. The largest absolute Gasteiger partial charge is 0.335 e. The van der Waals surface area contributed by atoms with Crippen LogP contribution in [0, 0.1) is 6.92 Å². The van der Waals surface area contributed by atoms with Crippen molar-refractivity contribution in [1.29, 1.82) is 0 Å². The van der Waals surface area contributed by atoms with E-state index in [2.05, 4.69) is 18.1 Å². The SMILES string of the molecule is C=CCN(CC=C)C(=O)CSc1nc2cc(Cl)ccc2c(=O)n1-c1ccccc1C. The molecule has 3 rings (SSSR count). The molecule has 0 aliphatic carbocycles. The van der Waals surface area contributed by atoms with Crippen LogP contribution in [-0.4, -0.2) is 39.2 Å². The van der Waals surface area contributed by atoms with E-state index >= 15 is 0 Å². The van der Waals surface area contributed by atoms with E-state index in [4.69, 9.17) is 11.6 Å². The van der Waals surface area contributed by atoms with Crippen molar-refractivity contribution in [1.82, 2.24) is 14.5 Å². The molecule has 2 aromatic carbocycles. The van der Waals surface area contributed by atoms with Crippen LogP contribution < -0.4 is 5.56 Å². The van der Waals surface area contributed by atoms with E-state index in [1.54, 1.807) is 39.8 Å². The number of hydrogen-bond donors (Lipinski definition) is 0. The first-order valence-corrected chi connectivity index (χ1v) is 10.7. The van der Waals surface area contributed by atoms with Gasteiger partial charge in [0.05, 0.1) is 22.3 Å². The smallest absolute Gasteiger partial charge is 0.266 e. The maximum absolute atomic E-state index is 13.3. The van der Waals surface area contributed by atoms with Crippen LogP contribution in [-0.2, 0) is 4.79 Å². The number of aryl methyl sites for hydroxylation is 1. The fourth-order valence-corrected chi connectivity index (χ4v) is 4.14. The molecule has 0 unspecified atom stereocenters. The highest BCUT2D eigenvalue weighted by molar-refractivity contribution is 7.99. The zero-order chi connectivity index (χ0) is 21.7. The average Bonchev–Trinajstić information content (AvgIpc) is 2.72. The molecule has 0 bridgehead atoms. The summed E-state index contributed by atoms with van der Waals surface area (Å²) in [5.74, 6) is 0.0445. The number of thioether (sulfide) groups is 1. The van der Waals surface area contributed by atoms with Gasteiger partial charge in [-0.3, -0.25) is 14.2 Å². The van der Waals surface area contributed by atoms with Crippen molar-refractivity contribution in [3.8, 4) is 5.69 Å². The zero-order valence-electron chi connectivity index (χ0n) is 16.7. The first kappa shape index (κ1) is 21.9. The van der Waals surface area contributed by atoms with Crippen molar-refractivity contribution in [2.24, 2.45) is 0 Å². The topological polar surface area (TPSA) is 55.2 Å². The molecular weight excluding hydrogens is 418 g/mol. The number of carbonyl (C=O) groups is 1. The highest BCUT2D eigenvalue weighted by Crippen LogP contribution is 2.24. The van der Waals surface area contributed by atoms with Crippen LogP contribution in [0.5, 0.6) is 0 Å². The summed E-state index contributed by atoms with van der Waals surface area (Å²) in [6.45, 7) is 10.2. The van der Waals surface area contributed by atoms with Gasteiger partial charge in [0.2, 0.25) is 5.91 Å². The van der Waals surface area contributed by atoms with Gasteiger partial charge in [-0.2, -0.15) is 0 Å². The van der Waals surface area contributed by atoms with E-state index in [9.17, 15) is 9.59 Å². The predicted molar refractivity (Wildman–Crippen MR) is 125 cm³/mol. The Morgan fingerprint density at radius 3 is 2.57 bits per heavy atom. The lowest BCUT2D eigenvalue weighted by atomic mass is 10.2. The van der Waals surface area contributed by atoms with E-state index in [1.165, 1.54) is 11.8 Å². The number of benzene rings is 2. The molecule has 7 heteroatoms. The standard InChI is InChI=1S/C23H22ClN3O2S/c1-4-12-26(13-5-2)21(28)15-30-23-25-19-14-17(24)10-11-18(19)22(29)27(23)20-9-7-6-8-16(20)3/h4-11,14H,1-2,12-13,15H2,3H3. The number of carbonyl (C=O) groups excluding carboxylic acids is 1. The van der Waals surface area contributed by atoms with E-state index in [0.29, 0.717) is 34.2 Å². The van der Waals surface area contributed by atoms with Crippen LogP contribution in [0.15, 0.2) is 77.7 Å². The second-order valence-electron chi connectivity index (χ2n) is 6.65. The van der Waals surface area contributed by atoms with Gasteiger partial charge in [-0.1, -0.05) is 53.7 Å². The number of fused-ring (bicyclic) bond motifs is 1. The number of halogens is 1. The van der Waals surface area contributed by atoms with Gasteiger partial charge in [0.25, 0.3) is 5.56 Å². The molecule has 1 amide bonds. The molecule has 0 spiro atoms. The Kier molecular flexibility index (Phi) is 7.13. The van der Waals surface area contributed by atoms with E-state index in [1.807, 2.05) is 31.2 Å². The monoisotopic (exact) mass is 439 g/mol. The summed E-state index contributed by atoms with van der Waals surface area (Å²) in [6.07, 6.45) is 3.34. The Hall–Kier alpha value is -2.83. The lowest BCUT2D eigenvalue weighted by Crippen LogP contribution is -2.33. The molecule has 0 saturated heterocycles. The van der Waals surface area contributed by atoms with Crippen molar-refractivity contribution >= 4 is 40.2 Å². The molecule has 0 N–H and O–H groups in total. The van der Waals surface area contributed by atoms with E-state index in [-0.39, 0.29) is 17.2 Å². The molecule has 0 radical (unpaired) electrons. The minimum Gasteiger partial charge on any atom is -0.335 e. The predicted octanol–water partition coefficient (Wildman–Crippen LogP) is 4.64. The van der Waals surface area contributed by atoms with Gasteiger partial charge in [0, 0.05) is 18.1 Å². The number of hydrogen-bond acceptors (Lipinski definition) is 4. The molecule has 30 heavy (non-hydrogen) atoms. The zero-order valence-corrected chi connectivity index (χ0v) is 18.2. The summed E-state index contributed by atoms with van der Waals surface area (Å²) in [5, 5.41) is 1.41. The van der Waals surface area contributed by atoms with E-state index < -0.39 is 0 Å². The fourth-order valence-electron chi connectivity index (χ4n) is 3.07. The number of nitrogens with zero attached hydrogens (tertiary/aromatic N) is 3. The third-order valence-corrected chi connectivity index (χ3v) is 5.69. The Labute approximate surface area is 184 Å². The maximum atomic E-state index is 13.3. The van der Waals surface area contributed by atoms with Gasteiger partial charge in [-0.15, -0.1) is 13.2 Å². The first-order chi connectivity index (χ1) is 14.5. The highest BCUT2D eigenvalue weighted by atomic mass is 35.5. The van der Waals surface area contributed by atoms with Crippen molar-refractivity contribution in [2.75, 3.05) is 18.8 Å². The third kappa shape index (κ3) is 4.66. The van der Waals surface area contributed by atoms with Crippen LogP contribution in [0.4, 0.5) is 0 Å². The number of rotatable bonds is 8. The van der Waals surface area contributed by atoms with Crippen molar-refractivity contribution in [3.05, 3.63) is 88.7 Å². The number of amides is 1.